The number of carbonyl (C=O) groups is 1. The number of carboxylic acid groups (broad SMARTS) is 1. The highest BCUT2D eigenvalue weighted by Gasteiger charge is 2.29. The highest BCUT2D eigenvalue weighted by Crippen LogP contribution is 2.31. The number of hydrogen-bond acceptors (Lipinski definition) is 5. The molecule has 0 aliphatic rings. The van der Waals surface area contributed by atoms with E-state index in [0.717, 1.165) is 0 Å². The van der Waals surface area contributed by atoms with Crippen molar-refractivity contribution in [2.75, 3.05) is 5.32 Å². The predicted octanol–water partition coefficient (Wildman–Crippen LogP) is 2.77. The third kappa shape index (κ3) is 4.45. The molecule has 0 saturated carbocycles. The molecule has 0 saturated heterocycles. The smallest absolute Gasteiger partial charge is 0.305 e. The number of nitriles is 1. The van der Waals surface area contributed by atoms with E-state index in [4.69, 9.17) is 10.4 Å². The molecule has 7 nitrogen and oxygen atoms in total. The average Bonchev–Trinajstić information content (AvgIpc) is 2.35. The Balaban J connectivity index is 3.21. The number of anilines is 1. The maximum absolute atomic E-state index is 11.0. The van der Waals surface area contributed by atoms with E-state index in [1.54, 1.807) is 0 Å². The second-order valence-electron chi connectivity index (χ2n) is 5.76. The van der Waals surface area contributed by atoms with Crippen molar-refractivity contribution in [3.63, 3.8) is 0 Å². The lowest BCUT2D eigenvalue weighted by Gasteiger charge is -2.31. The minimum Gasteiger partial charge on any atom is -0.481 e. The van der Waals surface area contributed by atoms with Gasteiger partial charge in [-0.15, -0.1) is 0 Å². The van der Waals surface area contributed by atoms with Crippen LogP contribution in [0.25, 0.3) is 0 Å². The first kappa shape index (κ1) is 16.4. The summed E-state index contributed by atoms with van der Waals surface area (Å²) in [7, 11) is 0. The summed E-state index contributed by atoms with van der Waals surface area (Å²) in [6, 6.07) is 5.35. The average molecular weight is 291 g/mol. The van der Waals surface area contributed by atoms with E-state index in [9.17, 15) is 14.9 Å². The van der Waals surface area contributed by atoms with Gasteiger partial charge in [0.2, 0.25) is 0 Å². The highest BCUT2D eigenvalue weighted by atomic mass is 16.6. The van der Waals surface area contributed by atoms with Crippen molar-refractivity contribution in [1.29, 1.82) is 5.26 Å². The van der Waals surface area contributed by atoms with E-state index in [2.05, 4.69) is 5.32 Å². The molecule has 1 aromatic rings. The Morgan fingerprint density at radius 2 is 2.14 bits per heavy atom. The van der Waals surface area contributed by atoms with Crippen LogP contribution in [0.3, 0.4) is 0 Å². The van der Waals surface area contributed by atoms with E-state index < -0.39 is 22.3 Å². The number of nitro benzene ring substituents is 1. The molecule has 1 unspecified atom stereocenters. The molecule has 1 rings (SSSR count). The molecule has 0 heterocycles. The predicted molar refractivity (Wildman–Crippen MR) is 76.9 cm³/mol. The van der Waals surface area contributed by atoms with Crippen LogP contribution in [0.1, 0.15) is 32.8 Å². The number of nitrogens with one attached hydrogen (secondary N) is 1. The number of benzene rings is 1. The van der Waals surface area contributed by atoms with Crippen LogP contribution in [0.2, 0.25) is 0 Å². The maximum Gasteiger partial charge on any atom is 0.305 e. The summed E-state index contributed by atoms with van der Waals surface area (Å²) in [5.41, 5.74) is -0.186. The van der Waals surface area contributed by atoms with Gasteiger partial charge in [-0.05, 0) is 17.5 Å². The number of nitrogens with zero attached hydrogens (tertiary/aromatic N) is 2. The Kier molecular flexibility index (Phi) is 4.87. The van der Waals surface area contributed by atoms with Gasteiger partial charge in [0.1, 0.15) is 5.69 Å². The minimum absolute atomic E-state index is 0.153. The first-order chi connectivity index (χ1) is 9.65. The summed E-state index contributed by atoms with van der Waals surface area (Å²) in [5, 5.41) is 31.8. The molecule has 0 radical (unpaired) electrons. The Hall–Kier alpha value is -2.62. The Morgan fingerprint density at radius 1 is 1.52 bits per heavy atom. The number of aliphatic carboxylic acids is 1. The van der Waals surface area contributed by atoms with Gasteiger partial charge in [0, 0.05) is 12.1 Å². The van der Waals surface area contributed by atoms with E-state index in [1.807, 2.05) is 26.8 Å². The molecular formula is C14H17N3O4. The van der Waals surface area contributed by atoms with Crippen LogP contribution < -0.4 is 5.32 Å². The van der Waals surface area contributed by atoms with Crippen molar-refractivity contribution in [1.82, 2.24) is 0 Å². The van der Waals surface area contributed by atoms with Gasteiger partial charge in [0.05, 0.1) is 23.0 Å². The second-order valence-corrected chi connectivity index (χ2v) is 5.76. The zero-order chi connectivity index (χ0) is 16.2. The topological polar surface area (TPSA) is 116 Å². The first-order valence-corrected chi connectivity index (χ1v) is 6.32. The summed E-state index contributed by atoms with van der Waals surface area (Å²) < 4.78 is 0. The van der Waals surface area contributed by atoms with Crippen LogP contribution in [0.15, 0.2) is 18.2 Å². The third-order valence-corrected chi connectivity index (χ3v) is 3.08. The van der Waals surface area contributed by atoms with Gasteiger partial charge in [-0.2, -0.15) is 5.26 Å². The van der Waals surface area contributed by atoms with Crippen LogP contribution in [0.5, 0.6) is 0 Å². The van der Waals surface area contributed by atoms with Gasteiger partial charge < -0.3 is 10.4 Å². The van der Waals surface area contributed by atoms with Crippen molar-refractivity contribution >= 4 is 17.3 Å². The molecule has 0 aliphatic carbocycles. The number of carboxylic acids is 1. The highest BCUT2D eigenvalue weighted by molar-refractivity contribution is 5.70. The summed E-state index contributed by atoms with van der Waals surface area (Å²) >= 11 is 0. The Morgan fingerprint density at radius 3 is 2.57 bits per heavy atom. The van der Waals surface area contributed by atoms with Crippen molar-refractivity contribution in [3.8, 4) is 6.07 Å². The van der Waals surface area contributed by atoms with Crippen LogP contribution in [-0.2, 0) is 4.79 Å². The molecule has 0 spiro atoms. The van der Waals surface area contributed by atoms with E-state index in [0.29, 0.717) is 0 Å². The second kappa shape index (κ2) is 6.22. The monoisotopic (exact) mass is 291 g/mol. The molecule has 7 heteroatoms. The zero-order valence-electron chi connectivity index (χ0n) is 12.1. The Labute approximate surface area is 122 Å². The normalized spacial score (nSPS) is 12.3. The van der Waals surface area contributed by atoms with Gasteiger partial charge in [0.15, 0.2) is 0 Å². The van der Waals surface area contributed by atoms with Gasteiger partial charge in [-0.3, -0.25) is 14.9 Å². The van der Waals surface area contributed by atoms with Crippen molar-refractivity contribution in [2.24, 2.45) is 5.41 Å². The van der Waals surface area contributed by atoms with Crippen molar-refractivity contribution < 1.29 is 14.8 Å². The lowest BCUT2D eigenvalue weighted by molar-refractivity contribution is -0.384. The molecule has 112 valence electrons. The molecule has 0 aromatic heterocycles. The lowest BCUT2D eigenvalue weighted by Crippen LogP contribution is -2.36. The summed E-state index contributed by atoms with van der Waals surface area (Å²) in [6.45, 7) is 5.52. The fourth-order valence-electron chi connectivity index (χ4n) is 1.82. The number of rotatable bonds is 5. The molecule has 0 fully saturated rings. The van der Waals surface area contributed by atoms with E-state index in [-0.39, 0.29) is 23.4 Å². The van der Waals surface area contributed by atoms with Gasteiger partial charge >= 0.3 is 5.97 Å². The Bertz CT molecular complexity index is 599. The number of hydrogen-bond donors (Lipinski definition) is 2. The van der Waals surface area contributed by atoms with Crippen LogP contribution in [0.4, 0.5) is 11.4 Å². The molecule has 0 aliphatic heterocycles. The van der Waals surface area contributed by atoms with Crippen LogP contribution >= 0.6 is 0 Å². The molecule has 2 N–H and O–H groups in total. The third-order valence-electron chi connectivity index (χ3n) is 3.08. The summed E-state index contributed by atoms with van der Waals surface area (Å²) in [6.07, 6.45) is -0.183. The molecule has 0 amide bonds. The molecule has 1 atom stereocenters. The van der Waals surface area contributed by atoms with Gasteiger partial charge in [0.25, 0.3) is 5.69 Å². The number of nitro groups is 1. The molecule has 1 aromatic carbocycles. The van der Waals surface area contributed by atoms with E-state index >= 15 is 0 Å². The summed E-state index contributed by atoms with van der Waals surface area (Å²) in [4.78, 5) is 21.4. The van der Waals surface area contributed by atoms with Gasteiger partial charge in [-0.1, -0.05) is 20.8 Å². The standard InChI is InChI=1S/C14H17N3O4/c1-14(2,3)12(7-13(18)19)16-10-6-9(8-15)4-5-11(10)17(20)21/h4-6,12,16H,7H2,1-3H3,(H,18,19). The van der Waals surface area contributed by atoms with Crippen molar-refractivity contribution in [2.45, 2.75) is 33.2 Å². The summed E-state index contributed by atoms with van der Waals surface area (Å²) in [5.74, 6) is -0.999. The first-order valence-electron chi connectivity index (χ1n) is 6.32. The maximum atomic E-state index is 11.0. The molecule has 0 bridgehead atoms. The quantitative estimate of drug-likeness (QED) is 0.636. The molecular weight excluding hydrogens is 274 g/mol. The van der Waals surface area contributed by atoms with E-state index in [1.165, 1.54) is 18.2 Å². The van der Waals surface area contributed by atoms with Crippen LogP contribution in [0, 0.1) is 26.9 Å². The van der Waals surface area contributed by atoms with Crippen LogP contribution in [-0.4, -0.2) is 22.0 Å². The largest absolute Gasteiger partial charge is 0.481 e. The minimum atomic E-state index is -0.999. The zero-order valence-corrected chi connectivity index (χ0v) is 12.1. The van der Waals surface area contributed by atoms with Gasteiger partial charge in [-0.25, -0.2) is 0 Å². The molecule has 21 heavy (non-hydrogen) atoms. The fraction of sp³-hybridized carbons (Fsp3) is 0.429. The SMILES string of the molecule is CC(C)(C)C(CC(=O)O)Nc1cc(C#N)ccc1[N+](=O)[O-]. The lowest BCUT2D eigenvalue weighted by atomic mass is 9.84. The van der Waals surface area contributed by atoms with Crippen molar-refractivity contribution in [3.05, 3.63) is 33.9 Å². The fourth-order valence-corrected chi connectivity index (χ4v) is 1.82.